The van der Waals surface area contributed by atoms with Gasteiger partial charge in [-0.15, -0.1) is 12.4 Å². The largest absolute Gasteiger partial charge is 0.326 e. The first-order valence-electron chi connectivity index (χ1n) is 5.33. The summed E-state index contributed by atoms with van der Waals surface area (Å²) in [4.78, 5) is 13.2. The van der Waals surface area contributed by atoms with Crippen LogP contribution in [0.15, 0.2) is 18.2 Å². The average Bonchev–Trinajstić information content (AvgIpc) is 2.70. The summed E-state index contributed by atoms with van der Waals surface area (Å²) >= 11 is 0. The smallest absolute Gasteiger partial charge is 0.321 e. The first-order valence-corrected chi connectivity index (χ1v) is 5.33. The van der Waals surface area contributed by atoms with Gasteiger partial charge in [0.2, 0.25) is 0 Å². The Hall–Kier alpha value is -1.40. The van der Waals surface area contributed by atoms with Gasteiger partial charge in [-0.3, -0.25) is 0 Å². The molecule has 1 saturated heterocycles. The van der Waals surface area contributed by atoms with Gasteiger partial charge in [-0.2, -0.15) is 0 Å². The van der Waals surface area contributed by atoms with Crippen molar-refractivity contribution in [2.24, 2.45) is 5.73 Å². The minimum atomic E-state index is -0.985. The van der Waals surface area contributed by atoms with Crippen molar-refractivity contribution >= 4 is 24.1 Å². The van der Waals surface area contributed by atoms with Gasteiger partial charge in [-0.1, -0.05) is 0 Å². The highest BCUT2D eigenvalue weighted by atomic mass is 35.5. The highest BCUT2D eigenvalue weighted by molar-refractivity contribution is 5.89. The quantitative estimate of drug-likeness (QED) is 0.824. The number of amides is 2. The molecule has 18 heavy (non-hydrogen) atoms. The van der Waals surface area contributed by atoms with Gasteiger partial charge in [0.05, 0.1) is 0 Å². The van der Waals surface area contributed by atoms with Gasteiger partial charge in [0.25, 0.3) is 0 Å². The third-order valence-electron chi connectivity index (χ3n) is 2.68. The molecule has 0 bridgehead atoms. The van der Waals surface area contributed by atoms with Gasteiger partial charge < -0.3 is 16.0 Å². The van der Waals surface area contributed by atoms with Crippen LogP contribution in [0.3, 0.4) is 0 Å². The van der Waals surface area contributed by atoms with E-state index in [0.717, 1.165) is 18.6 Å². The predicted octanol–water partition coefficient (Wildman–Crippen LogP) is 1.95. The molecule has 4 nitrogen and oxygen atoms in total. The van der Waals surface area contributed by atoms with Crippen molar-refractivity contribution in [3.05, 3.63) is 29.8 Å². The third-order valence-corrected chi connectivity index (χ3v) is 2.68. The SMILES string of the molecule is Cl.N[C@H]1CCN(C(=O)Nc2ccc(F)c(F)c2)C1. The van der Waals surface area contributed by atoms with Crippen molar-refractivity contribution in [1.29, 1.82) is 0 Å². The molecule has 0 aromatic heterocycles. The number of rotatable bonds is 1. The maximum absolute atomic E-state index is 12.9. The van der Waals surface area contributed by atoms with E-state index in [1.54, 1.807) is 4.90 Å². The highest BCUT2D eigenvalue weighted by Gasteiger charge is 2.23. The molecular formula is C11H14ClF2N3O. The van der Waals surface area contributed by atoms with E-state index in [-0.39, 0.29) is 30.2 Å². The van der Waals surface area contributed by atoms with E-state index in [0.29, 0.717) is 13.1 Å². The zero-order valence-corrected chi connectivity index (χ0v) is 10.3. The molecule has 2 rings (SSSR count). The Kier molecular flexibility index (Phi) is 4.86. The predicted molar refractivity (Wildman–Crippen MR) is 66.8 cm³/mol. The topological polar surface area (TPSA) is 58.4 Å². The van der Waals surface area contributed by atoms with Gasteiger partial charge in [-0.25, -0.2) is 13.6 Å². The Balaban J connectivity index is 0.00000162. The molecule has 0 unspecified atom stereocenters. The van der Waals surface area contributed by atoms with Crippen molar-refractivity contribution in [3.63, 3.8) is 0 Å². The summed E-state index contributed by atoms with van der Waals surface area (Å²) in [7, 11) is 0. The molecule has 1 atom stereocenters. The lowest BCUT2D eigenvalue weighted by Gasteiger charge is -2.16. The lowest BCUT2D eigenvalue weighted by Crippen LogP contribution is -2.35. The zero-order chi connectivity index (χ0) is 12.4. The number of benzene rings is 1. The Labute approximate surface area is 110 Å². The Bertz CT molecular complexity index is 444. The highest BCUT2D eigenvalue weighted by Crippen LogP contribution is 2.15. The van der Waals surface area contributed by atoms with Gasteiger partial charge in [0.1, 0.15) is 0 Å². The molecule has 100 valence electrons. The number of urea groups is 1. The minimum Gasteiger partial charge on any atom is -0.326 e. The fourth-order valence-corrected chi connectivity index (χ4v) is 1.75. The second-order valence-corrected chi connectivity index (χ2v) is 4.05. The van der Waals surface area contributed by atoms with Crippen LogP contribution in [0.2, 0.25) is 0 Å². The van der Waals surface area contributed by atoms with Crippen LogP contribution in [-0.2, 0) is 0 Å². The van der Waals surface area contributed by atoms with E-state index in [2.05, 4.69) is 5.32 Å². The van der Waals surface area contributed by atoms with Gasteiger partial charge in [0, 0.05) is 30.9 Å². The minimum absolute atomic E-state index is 0. The molecule has 7 heteroatoms. The Morgan fingerprint density at radius 3 is 2.67 bits per heavy atom. The molecule has 1 heterocycles. The fourth-order valence-electron chi connectivity index (χ4n) is 1.75. The summed E-state index contributed by atoms with van der Waals surface area (Å²) < 4.78 is 25.6. The number of halogens is 3. The van der Waals surface area contributed by atoms with Crippen LogP contribution >= 0.6 is 12.4 Å². The van der Waals surface area contributed by atoms with Crippen LogP contribution < -0.4 is 11.1 Å². The van der Waals surface area contributed by atoms with Crippen molar-refractivity contribution in [2.45, 2.75) is 12.5 Å². The molecular weight excluding hydrogens is 264 g/mol. The zero-order valence-electron chi connectivity index (χ0n) is 9.53. The summed E-state index contributed by atoms with van der Waals surface area (Å²) in [5.74, 6) is -1.92. The molecule has 0 aliphatic carbocycles. The first kappa shape index (κ1) is 14.7. The van der Waals surface area contributed by atoms with E-state index >= 15 is 0 Å². The van der Waals surface area contributed by atoms with E-state index in [4.69, 9.17) is 5.73 Å². The number of hydrogen-bond donors (Lipinski definition) is 2. The molecule has 3 N–H and O–H groups in total. The summed E-state index contributed by atoms with van der Waals surface area (Å²) in [5.41, 5.74) is 5.90. The molecule has 1 aliphatic rings. The summed E-state index contributed by atoms with van der Waals surface area (Å²) in [5, 5.41) is 2.50. The summed E-state index contributed by atoms with van der Waals surface area (Å²) in [6, 6.07) is 2.88. The average molecular weight is 278 g/mol. The number of hydrogen-bond acceptors (Lipinski definition) is 2. The Morgan fingerprint density at radius 2 is 2.11 bits per heavy atom. The van der Waals surface area contributed by atoms with Crippen LogP contribution in [0, 0.1) is 11.6 Å². The second-order valence-electron chi connectivity index (χ2n) is 4.05. The maximum Gasteiger partial charge on any atom is 0.321 e. The summed E-state index contributed by atoms with van der Waals surface area (Å²) in [6.07, 6.45) is 0.755. The van der Waals surface area contributed by atoms with Crippen LogP contribution in [-0.4, -0.2) is 30.1 Å². The summed E-state index contributed by atoms with van der Waals surface area (Å²) in [6.45, 7) is 1.06. The van der Waals surface area contributed by atoms with Crippen molar-refractivity contribution in [2.75, 3.05) is 18.4 Å². The maximum atomic E-state index is 12.9. The number of carbonyl (C=O) groups excluding carboxylic acids is 1. The van der Waals surface area contributed by atoms with Gasteiger partial charge in [-0.05, 0) is 18.6 Å². The lowest BCUT2D eigenvalue weighted by molar-refractivity contribution is 0.222. The van der Waals surface area contributed by atoms with Gasteiger partial charge in [0.15, 0.2) is 11.6 Å². The van der Waals surface area contributed by atoms with Crippen molar-refractivity contribution in [3.8, 4) is 0 Å². The third kappa shape index (κ3) is 3.30. The monoisotopic (exact) mass is 277 g/mol. The molecule has 1 aromatic rings. The number of anilines is 1. The molecule has 0 spiro atoms. The molecule has 2 amide bonds. The van der Waals surface area contributed by atoms with E-state index in [9.17, 15) is 13.6 Å². The lowest BCUT2D eigenvalue weighted by atomic mass is 10.3. The molecule has 1 aliphatic heterocycles. The molecule has 0 saturated carbocycles. The standard InChI is InChI=1S/C11H13F2N3O.ClH/c12-9-2-1-8(5-10(9)13)15-11(17)16-4-3-7(14)6-16;/h1-2,5,7H,3-4,6,14H2,(H,15,17);1H/t7-;/m0./s1. The van der Waals surface area contributed by atoms with E-state index < -0.39 is 11.6 Å². The normalized spacial score (nSPS) is 18.4. The van der Waals surface area contributed by atoms with E-state index in [1.807, 2.05) is 0 Å². The second kappa shape index (κ2) is 5.97. The Morgan fingerprint density at radius 1 is 1.39 bits per heavy atom. The number of nitrogens with two attached hydrogens (primary N) is 1. The number of carbonyl (C=O) groups is 1. The van der Waals surface area contributed by atoms with Crippen LogP contribution in [0.4, 0.5) is 19.3 Å². The van der Waals surface area contributed by atoms with E-state index in [1.165, 1.54) is 6.07 Å². The molecule has 0 radical (unpaired) electrons. The van der Waals surface area contributed by atoms with Gasteiger partial charge >= 0.3 is 6.03 Å². The first-order chi connectivity index (χ1) is 8.06. The molecule has 1 aromatic carbocycles. The van der Waals surface area contributed by atoms with Crippen molar-refractivity contribution < 1.29 is 13.6 Å². The fraction of sp³-hybridized carbons (Fsp3) is 0.364. The van der Waals surface area contributed by atoms with Crippen molar-refractivity contribution in [1.82, 2.24) is 4.90 Å². The number of nitrogens with zero attached hydrogens (tertiary/aromatic N) is 1. The number of likely N-dealkylation sites (tertiary alicyclic amines) is 1. The molecule has 1 fully saturated rings. The van der Waals surface area contributed by atoms with Crippen LogP contribution in [0.1, 0.15) is 6.42 Å². The number of nitrogens with one attached hydrogen (secondary N) is 1. The van der Waals surface area contributed by atoms with Crippen LogP contribution in [0.5, 0.6) is 0 Å². The van der Waals surface area contributed by atoms with Crippen LogP contribution in [0.25, 0.3) is 0 Å².